The molecule has 1 N–H and O–H groups in total. The maximum atomic E-state index is 13.1. The third-order valence-corrected chi connectivity index (χ3v) is 7.40. The van der Waals surface area contributed by atoms with Gasteiger partial charge in [-0.1, -0.05) is 121 Å². The van der Waals surface area contributed by atoms with Gasteiger partial charge in [0.1, 0.15) is 11.6 Å². The summed E-state index contributed by atoms with van der Waals surface area (Å²) < 4.78 is 7.14. The monoisotopic (exact) mass is 558 g/mol. The second-order valence-electron chi connectivity index (χ2n) is 10.2. The smallest absolute Gasteiger partial charge is 0.328 e. The van der Waals surface area contributed by atoms with Crippen molar-refractivity contribution in [2.75, 3.05) is 14.2 Å². The number of imidazole rings is 1. The maximum absolute atomic E-state index is 13.1. The lowest BCUT2D eigenvalue weighted by atomic mass is 9.77. The predicted molar refractivity (Wildman–Crippen MR) is 163 cm³/mol. The maximum Gasteiger partial charge on any atom is 0.328 e. The van der Waals surface area contributed by atoms with E-state index in [1.807, 2.05) is 91.1 Å². The zero-order chi connectivity index (χ0) is 29.4. The number of carbonyl (C=O) groups excluding carboxylic acids is 2. The van der Waals surface area contributed by atoms with Gasteiger partial charge in [0.2, 0.25) is 0 Å². The topological polar surface area (TPSA) is 76.5 Å². The summed E-state index contributed by atoms with van der Waals surface area (Å²) in [5.74, 6) is -0.536. The van der Waals surface area contributed by atoms with E-state index in [0.29, 0.717) is 12.2 Å². The van der Waals surface area contributed by atoms with Crippen molar-refractivity contribution in [3.05, 3.63) is 162 Å². The van der Waals surface area contributed by atoms with Crippen LogP contribution in [0.3, 0.4) is 0 Å². The fourth-order valence-corrected chi connectivity index (χ4v) is 5.37. The van der Waals surface area contributed by atoms with Crippen LogP contribution in [0.15, 0.2) is 134 Å². The first-order valence-corrected chi connectivity index (χ1v) is 13.9. The third kappa shape index (κ3) is 5.95. The van der Waals surface area contributed by atoms with Crippen molar-refractivity contribution < 1.29 is 14.3 Å². The normalized spacial score (nSPS) is 11.9. The van der Waals surface area contributed by atoms with E-state index in [4.69, 9.17) is 9.72 Å². The van der Waals surface area contributed by atoms with Gasteiger partial charge in [-0.25, -0.2) is 14.6 Å². The Balaban J connectivity index is 1.49. The van der Waals surface area contributed by atoms with E-state index in [1.54, 1.807) is 13.4 Å². The molecular weight excluding hydrogens is 524 g/mol. The van der Waals surface area contributed by atoms with Gasteiger partial charge >= 0.3 is 12.0 Å². The minimum absolute atomic E-state index is 0.166. The van der Waals surface area contributed by atoms with Crippen LogP contribution >= 0.6 is 0 Å². The van der Waals surface area contributed by atoms with Crippen molar-refractivity contribution in [2.45, 2.75) is 24.5 Å². The Hall–Kier alpha value is -5.17. The Morgan fingerprint density at radius 3 is 1.76 bits per heavy atom. The van der Waals surface area contributed by atoms with E-state index in [2.05, 4.69) is 46.3 Å². The Morgan fingerprint density at radius 1 is 0.810 bits per heavy atom. The first-order chi connectivity index (χ1) is 20.5. The van der Waals surface area contributed by atoms with Gasteiger partial charge in [0.25, 0.3) is 0 Å². The molecule has 0 aliphatic carbocycles. The number of methoxy groups -OCH3 is 1. The molecule has 0 saturated carbocycles. The van der Waals surface area contributed by atoms with Gasteiger partial charge < -0.3 is 19.5 Å². The van der Waals surface area contributed by atoms with Crippen LogP contribution in [0.4, 0.5) is 4.79 Å². The summed E-state index contributed by atoms with van der Waals surface area (Å²) in [5, 5.41) is 2.84. The highest BCUT2D eigenvalue weighted by atomic mass is 16.5. The molecule has 0 spiro atoms. The lowest BCUT2D eigenvalue weighted by Crippen LogP contribution is -2.48. The number of nitrogens with one attached hydrogen (secondary N) is 1. The summed E-state index contributed by atoms with van der Waals surface area (Å²) in [4.78, 5) is 32.1. The first-order valence-electron chi connectivity index (χ1n) is 13.9. The van der Waals surface area contributed by atoms with Crippen LogP contribution < -0.4 is 5.32 Å². The minimum Gasteiger partial charge on any atom is -0.467 e. The minimum atomic E-state index is -0.913. The zero-order valence-corrected chi connectivity index (χ0v) is 23.8. The SMILES string of the molecule is COC(=O)C(Cc1cn(C(c2ccccc2)(c2ccccc2)c2ccccc2)cn1)NC(=O)N(C)Cc1ccccc1. The van der Waals surface area contributed by atoms with Gasteiger partial charge in [0.15, 0.2) is 0 Å². The van der Waals surface area contributed by atoms with Crippen molar-refractivity contribution in [1.82, 2.24) is 19.8 Å². The fraction of sp³-hybridized carbons (Fsp3) is 0.171. The van der Waals surface area contributed by atoms with E-state index >= 15 is 0 Å². The molecule has 5 rings (SSSR count). The van der Waals surface area contributed by atoms with Gasteiger partial charge in [-0.15, -0.1) is 0 Å². The zero-order valence-electron chi connectivity index (χ0n) is 23.8. The number of esters is 1. The van der Waals surface area contributed by atoms with Gasteiger partial charge in [0.05, 0.1) is 19.1 Å². The van der Waals surface area contributed by atoms with Gasteiger partial charge in [0, 0.05) is 26.2 Å². The van der Waals surface area contributed by atoms with Crippen molar-refractivity contribution in [1.29, 1.82) is 0 Å². The number of benzene rings is 4. The molecule has 7 heteroatoms. The second-order valence-corrected chi connectivity index (χ2v) is 10.2. The molecule has 7 nitrogen and oxygen atoms in total. The van der Waals surface area contributed by atoms with Crippen molar-refractivity contribution >= 4 is 12.0 Å². The van der Waals surface area contributed by atoms with Crippen LogP contribution in [0, 0.1) is 0 Å². The van der Waals surface area contributed by atoms with E-state index < -0.39 is 17.6 Å². The fourth-order valence-electron chi connectivity index (χ4n) is 5.37. The Kier molecular flexibility index (Phi) is 8.78. The number of carbonyl (C=O) groups is 2. The van der Waals surface area contributed by atoms with Crippen LogP contribution in [0.5, 0.6) is 0 Å². The molecule has 0 radical (unpaired) electrons. The number of aromatic nitrogens is 2. The molecule has 2 amide bonds. The van der Waals surface area contributed by atoms with E-state index in [1.165, 1.54) is 12.0 Å². The van der Waals surface area contributed by atoms with Crippen molar-refractivity contribution in [3.63, 3.8) is 0 Å². The molecule has 0 aliphatic heterocycles. The molecule has 5 aromatic rings. The second kappa shape index (κ2) is 13.0. The molecule has 4 aromatic carbocycles. The number of hydrogen-bond acceptors (Lipinski definition) is 4. The molecule has 1 aromatic heterocycles. The molecule has 1 unspecified atom stereocenters. The molecule has 0 saturated heterocycles. The molecule has 42 heavy (non-hydrogen) atoms. The molecule has 1 atom stereocenters. The summed E-state index contributed by atoms with van der Waals surface area (Å²) in [6.07, 6.45) is 3.90. The number of rotatable bonds is 10. The summed E-state index contributed by atoms with van der Waals surface area (Å²) >= 11 is 0. The van der Waals surface area contributed by atoms with E-state index in [0.717, 1.165) is 22.3 Å². The number of hydrogen-bond donors (Lipinski definition) is 1. The largest absolute Gasteiger partial charge is 0.467 e. The average Bonchev–Trinajstić information content (AvgIpc) is 3.51. The molecule has 0 bridgehead atoms. The summed E-state index contributed by atoms with van der Waals surface area (Å²) in [6.45, 7) is 0.406. The number of urea groups is 1. The molecule has 0 fully saturated rings. The van der Waals surface area contributed by atoms with E-state index in [9.17, 15) is 9.59 Å². The number of nitrogens with zero attached hydrogens (tertiary/aromatic N) is 3. The van der Waals surface area contributed by atoms with Gasteiger partial charge in [-0.05, 0) is 22.3 Å². The molecule has 1 heterocycles. The summed E-state index contributed by atoms with van der Waals surface area (Å²) in [5.41, 5.74) is 4.09. The van der Waals surface area contributed by atoms with Gasteiger partial charge in [-0.2, -0.15) is 0 Å². The Morgan fingerprint density at radius 2 is 1.29 bits per heavy atom. The van der Waals surface area contributed by atoms with Crippen LogP contribution in [-0.4, -0.2) is 46.7 Å². The number of ether oxygens (including phenoxy) is 1. The molecule has 0 aliphatic rings. The average molecular weight is 559 g/mol. The summed E-state index contributed by atoms with van der Waals surface area (Å²) in [6, 6.07) is 39.2. The van der Waals surface area contributed by atoms with Crippen LogP contribution in [0.2, 0.25) is 0 Å². The molecule has 212 valence electrons. The van der Waals surface area contributed by atoms with Crippen LogP contribution in [0.25, 0.3) is 0 Å². The third-order valence-electron chi connectivity index (χ3n) is 7.40. The van der Waals surface area contributed by atoms with E-state index in [-0.39, 0.29) is 12.5 Å². The van der Waals surface area contributed by atoms with Crippen molar-refractivity contribution in [2.24, 2.45) is 0 Å². The summed E-state index contributed by atoms with van der Waals surface area (Å²) in [7, 11) is 3.01. The lowest BCUT2D eigenvalue weighted by molar-refractivity contribution is -0.142. The highest BCUT2D eigenvalue weighted by Crippen LogP contribution is 2.40. The quantitative estimate of drug-likeness (QED) is 0.178. The van der Waals surface area contributed by atoms with Gasteiger partial charge in [-0.3, -0.25) is 0 Å². The van der Waals surface area contributed by atoms with Crippen LogP contribution in [-0.2, 0) is 28.0 Å². The Bertz CT molecular complexity index is 1490. The van der Waals surface area contributed by atoms with Crippen molar-refractivity contribution in [3.8, 4) is 0 Å². The highest BCUT2D eigenvalue weighted by Gasteiger charge is 2.38. The lowest BCUT2D eigenvalue weighted by Gasteiger charge is -2.37. The number of amides is 2. The standard InChI is InChI=1S/C35H34N4O3/c1-38(24-27-15-7-3-8-16-27)34(41)37-32(33(40)42-2)23-31-25-39(26-36-31)35(28-17-9-4-10-18-28,29-19-11-5-12-20-29)30-21-13-6-14-22-30/h3-22,25-26,32H,23-24H2,1-2H3,(H,37,41). The molecular formula is C35H34N4O3. The van der Waals surface area contributed by atoms with Crippen LogP contribution in [0.1, 0.15) is 27.9 Å². The predicted octanol–water partition coefficient (Wildman–Crippen LogP) is 5.65. The Labute approximate surface area is 246 Å². The first kappa shape index (κ1) is 28.4. The highest BCUT2D eigenvalue weighted by molar-refractivity contribution is 5.83.